The van der Waals surface area contributed by atoms with Crippen LogP contribution in [0.5, 0.6) is 11.5 Å². The lowest BCUT2D eigenvalue weighted by Gasteiger charge is -2.19. The number of benzene rings is 2. The number of rotatable bonds is 6. The number of hydrogen-bond donors (Lipinski definition) is 1. The molecule has 0 radical (unpaired) electrons. The number of aromatic nitrogens is 2. The zero-order valence-corrected chi connectivity index (χ0v) is 15.4. The molecule has 3 rings (SSSR count). The Morgan fingerprint density at radius 3 is 2.67 bits per heavy atom. The van der Waals surface area contributed by atoms with Gasteiger partial charge in [-0.3, -0.25) is 14.2 Å². The lowest BCUT2D eigenvalue weighted by Crippen LogP contribution is -2.33. The Morgan fingerprint density at radius 1 is 1.19 bits per heavy atom. The zero-order valence-electron chi connectivity index (χ0n) is 15.4. The summed E-state index contributed by atoms with van der Waals surface area (Å²) in [6.45, 7) is 1.84. The summed E-state index contributed by atoms with van der Waals surface area (Å²) in [5.74, 6) is 0.759. The molecular weight excluding hydrogens is 346 g/mol. The highest BCUT2D eigenvalue weighted by molar-refractivity contribution is 5.95. The molecule has 0 spiro atoms. The molecule has 0 fully saturated rings. The molecule has 1 atom stereocenters. The fourth-order valence-electron chi connectivity index (χ4n) is 2.94. The van der Waals surface area contributed by atoms with Crippen LogP contribution in [0.3, 0.4) is 0 Å². The van der Waals surface area contributed by atoms with Crippen LogP contribution in [-0.2, 0) is 4.79 Å². The van der Waals surface area contributed by atoms with Gasteiger partial charge in [0.25, 0.3) is 5.56 Å². The molecule has 0 saturated carbocycles. The van der Waals surface area contributed by atoms with Crippen LogP contribution in [0.15, 0.2) is 53.6 Å². The van der Waals surface area contributed by atoms with E-state index in [0.717, 1.165) is 0 Å². The summed E-state index contributed by atoms with van der Waals surface area (Å²) in [5.41, 5.74) is 0.825. The first-order valence-electron chi connectivity index (χ1n) is 8.57. The fourth-order valence-corrected chi connectivity index (χ4v) is 2.94. The van der Waals surface area contributed by atoms with Crippen LogP contribution in [0.1, 0.15) is 19.4 Å². The van der Waals surface area contributed by atoms with Gasteiger partial charge in [0.05, 0.1) is 37.1 Å². The molecule has 1 aromatic heterocycles. The first-order valence-corrected chi connectivity index (χ1v) is 8.57. The van der Waals surface area contributed by atoms with Crippen LogP contribution in [0.4, 0.5) is 5.69 Å². The molecular formula is C20H21N3O4. The quantitative estimate of drug-likeness (QED) is 0.724. The molecule has 3 aromatic rings. The van der Waals surface area contributed by atoms with Gasteiger partial charge in [0, 0.05) is 6.07 Å². The summed E-state index contributed by atoms with van der Waals surface area (Å²) in [7, 11) is 3.06. The van der Waals surface area contributed by atoms with E-state index in [1.165, 1.54) is 18.0 Å². The molecule has 2 aromatic carbocycles. The SMILES string of the molecule is CC[C@@H](C(=O)Nc1cc(OC)ccc1OC)n1cnc2ccccc2c1=O. The minimum absolute atomic E-state index is 0.250. The number of carbonyl (C=O) groups excluding carboxylic acids is 1. The van der Waals surface area contributed by atoms with Crippen LogP contribution in [-0.4, -0.2) is 29.7 Å². The Bertz CT molecular complexity index is 1030. The molecule has 1 amide bonds. The normalized spacial score (nSPS) is 11.8. The number of nitrogens with zero attached hydrogens (tertiary/aromatic N) is 2. The number of para-hydroxylation sites is 1. The lowest BCUT2D eigenvalue weighted by atomic mass is 10.1. The van der Waals surface area contributed by atoms with Crippen molar-refractivity contribution in [2.75, 3.05) is 19.5 Å². The van der Waals surface area contributed by atoms with Gasteiger partial charge in [-0.15, -0.1) is 0 Å². The van der Waals surface area contributed by atoms with Crippen molar-refractivity contribution in [3.05, 3.63) is 59.1 Å². The molecule has 0 bridgehead atoms. The first-order chi connectivity index (χ1) is 13.1. The third-order valence-electron chi connectivity index (χ3n) is 4.38. The van der Waals surface area contributed by atoms with Crippen LogP contribution in [0.2, 0.25) is 0 Å². The van der Waals surface area contributed by atoms with Gasteiger partial charge in [-0.2, -0.15) is 0 Å². The van der Waals surface area contributed by atoms with Crippen molar-refractivity contribution in [3.63, 3.8) is 0 Å². The summed E-state index contributed by atoms with van der Waals surface area (Å²) < 4.78 is 11.9. The van der Waals surface area contributed by atoms with Crippen molar-refractivity contribution in [2.45, 2.75) is 19.4 Å². The van der Waals surface area contributed by atoms with Gasteiger partial charge < -0.3 is 14.8 Å². The van der Waals surface area contributed by atoms with Crippen LogP contribution in [0, 0.1) is 0 Å². The molecule has 0 aliphatic rings. The molecule has 7 heteroatoms. The van der Waals surface area contributed by atoms with E-state index >= 15 is 0 Å². The van der Waals surface area contributed by atoms with E-state index in [-0.39, 0.29) is 11.5 Å². The average Bonchev–Trinajstić information content (AvgIpc) is 2.70. The highest BCUT2D eigenvalue weighted by Gasteiger charge is 2.22. The van der Waals surface area contributed by atoms with Gasteiger partial charge in [-0.05, 0) is 30.7 Å². The topological polar surface area (TPSA) is 82.4 Å². The maximum Gasteiger partial charge on any atom is 0.261 e. The Morgan fingerprint density at radius 2 is 1.96 bits per heavy atom. The Labute approximate surface area is 156 Å². The van der Waals surface area contributed by atoms with E-state index in [4.69, 9.17) is 9.47 Å². The highest BCUT2D eigenvalue weighted by atomic mass is 16.5. The summed E-state index contributed by atoms with van der Waals surface area (Å²) in [6.07, 6.45) is 1.85. The molecule has 140 valence electrons. The molecule has 0 aliphatic carbocycles. The van der Waals surface area contributed by atoms with Gasteiger partial charge >= 0.3 is 0 Å². The molecule has 0 saturated heterocycles. The molecule has 1 heterocycles. The maximum atomic E-state index is 12.9. The van der Waals surface area contributed by atoms with E-state index < -0.39 is 6.04 Å². The van der Waals surface area contributed by atoms with Gasteiger partial charge in [-0.25, -0.2) is 4.98 Å². The van der Waals surface area contributed by atoms with E-state index in [1.807, 2.05) is 13.0 Å². The Kier molecular flexibility index (Phi) is 5.40. The molecule has 1 N–H and O–H groups in total. The standard InChI is InChI=1S/C20H21N3O4/c1-4-17(23-12-21-15-8-6-5-7-14(15)20(23)25)19(24)22-16-11-13(26-2)9-10-18(16)27-3/h5-12,17H,4H2,1-3H3,(H,22,24)/t17-/m0/s1. The van der Waals surface area contributed by atoms with Crippen molar-refractivity contribution < 1.29 is 14.3 Å². The molecule has 27 heavy (non-hydrogen) atoms. The Balaban J connectivity index is 1.96. The largest absolute Gasteiger partial charge is 0.497 e. The second-order valence-corrected chi connectivity index (χ2v) is 5.95. The number of nitrogens with one attached hydrogen (secondary N) is 1. The second kappa shape index (κ2) is 7.90. The number of fused-ring (bicyclic) bond motifs is 1. The lowest BCUT2D eigenvalue weighted by molar-refractivity contribution is -0.119. The van der Waals surface area contributed by atoms with E-state index in [1.54, 1.807) is 43.5 Å². The predicted molar refractivity (Wildman–Crippen MR) is 104 cm³/mol. The summed E-state index contributed by atoms with van der Waals surface area (Å²) in [5, 5.41) is 3.31. The predicted octanol–water partition coefficient (Wildman–Crippen LogP) is 3.00. The zero-order chi connectivity index (χ0) is 19.4. The van der Waals surface area contributed by atoms with Gasteiger partial charge in [-0.1, -0.05) is 19.1 Å². The van der Waals surface area contributed by atoms with Crippen molar-refractivity contribution in [1.82, 2.24) is 9.55 Å². The number of amides is 1. The summed E-state index contributed by atoms with van der Waals surface area (Å²) in [6, 6.07) is 11.5. The minimum Gasteiger partial charge on any atom is -0.497 e. The summed E-state index contributed by atoms with van der Waals surface area (Å²) in [4.78, 5) is 30.0. The first kappa shape index (κ1) is 18.4. The third-order valence-corrected chi connectivity index (χ3v) is 4.38. The molecule has 0 unspecified atom stereocenters. The number of ether oxygens (including phenoxy) is 2. The van der Waals surface area contributed by atoms with Crippen LogP contribution < -0.4 is 20.3 Å². The van der Waals surface area contributed by atoms with Crippen molar-refractivity contribution >= 4 is 22.5 Å². The fraction of sp³-hybridized carbons (Fsp3) is 0.250. The van der Waals surface area contributed by atoms with E-state index in [2.05, 4.69) is 10.3 Å². The highest BCUT2D eigenvalue weighted by Crippen LogP contribution is 2.29. The van der Waals surface area contributed by atoms with E-state index in [9.17, 15) is 9.59 Å². The van der Waals surface area contributed by atoms with Gasteiger partial charge in [0.1, 0.15) is 17.5 Å². The maximum absolute atomic E-state index is 12.9. The second-order valence-electron chi connectivity index (χ2n) is 5.95. The number of anilines is 1. The third kappa shape index (κ3) is 3.62. The van der Waals surface area contributed by atoms with Gasteiger partial charge in [0.2, 0.25) is 5.91 Å². The summed E-state index contributed by atoms with van der Waals surface area (Å²) >= 11 is 0. The number of hydrogen-bond acceptors (Lipinski definition) is 5. The van der Waals surface area contributed by atoms with Gasteiger partial charge in [0.15, 0.2) is 0 Å². The monoisotopic (exact) mass is 367 g/mol. The Hall–Kier alpha value is -3.35. The minimum atomic E-state index is -0.703. The van der Waals surface area contributed by atoms with Crippen LogP contribution >= 0.6 is 0 Å². The van der Waals surface area contributed by atoms with Crippen molar-refractivity contribution in [3.8, 4) is 11.5 Å². The van der Waals surface area contributed by atoms with Crippen molar-refractivity contribution in [1.29, 1.82) is 0 Å². The number of carbonyl (C=O) groups is 1. The average molecular weight is 367 g/mol. The van der Waals surface area contributed by atoms with Crippen molar-refractivity contribution in [2.24, 2.45) is 0 Å². The van der Waals surface area contributed by atoms with Crippen LogP contribution in [0.25, 0.3) is 10.9 Å². The number of methoxy groups -OCH3 is 2. The molecule has 0 aliphatic heterocycles. The smallest absolute Gasteiger partial charge is 0.261 e. The molecule has 7 nitrogen and oxygen atoms in total. The van der Waals surface area contributed by atoms with E-state index in [0.29, 0.717) is 34.5 Å².